The summed E-state index contributed by atoms with van der Waals surface area (Å²) in [6.45, 7) is 0. The Hall–Kier alpha value is -0.0600. The summed E-state index contributed by atoms with van der Waals surface area (Å²) >= 11 is 2.30. The van der Waals surface area contributed by atoms with Gasteiger partial charge in [-0.15, -0.1) is 0 Å². The zero-order valence-electron chi connectivity index (χ0n) is 7.46. The number of nitrogens with one attached hydrogen (secondary N) is 1. The molecule has 2 aliphatic rings. The van der Waals surface area contributed by atoms with E-state index in [1.807, 2.05) is 6.20 Å². The quantitative estimate of drug-likeness (QED) is 0.791. The SMILES string of the molecule is Ic1cnc([C@H]2CC3CCC2C3)[nH]1. The van der Waals surface area contributed by atoms with Gasteiger partial charge in [-0.3, -0.25) is 0 Å². The number of hydrogen-bond donors (Lipinski definition) is 1. The first-order valence-electron chi connectivity index (χ1n) is 5.03. The van der Waals surface area contributed by atoms with Crippen molar-refractivity contribution in [2.24, 2.45) is 11.8 Å². The molecule has 1 aromatic rings. The van der Waals surface area contributed by atoms with E-state index in [0.717, 1.165) is 17.8 Å². The predicted octanol–water partition coefficient (Wildman–Crippen LogP) is 2.92. The summed E-state index contributed by atoms with van der Waals surface area (Å²) in [6, 6.07) is 0. The molecule has 2 fully saturated rings. The number of fused-ring (bicyclic) bond motifs is 2. The molecule has 1 N–H and O–H groups in total. The summed E-state index contributed by atoms with van der Waals surface area (Å²) in [7, 11) is 0. The van der Waals surface area contributed by atoms with Gasteiger partial charge in [0.05, 0.1) is 9.90 Å². The van der Waals surface area contributed by atoms with Crippen molar-refractivity contribution in [3.8, 4) is 0 Å². The molecule has 3 heteroatoms. The molecule has 1 aromatic heterocycles. The van der Waals surface area contributed by atoms with Crippen LogP contribution in [0.3, 0.4) is 0 Å². The Balaban J connectivity index is 1.87. The van der Waals surface area contributed by atoms with Gasteiger partial charge in [0.15, 0.2) is 0 Å². The third-order valence-electron chi connectivity index (χ3n) is 3.65. The van der Waals surface area contributed by atoms with E-state index in [4.69, 9.17) is 0 Å². The van der Waals surface area contributed by atoms with Gasteiger partial charge in [-0.1, -0.05) is 6.42 Å². The lowest BCUT2D eigenvalue weighted by atomic mass is 9.88. The first-order chi connectivity index (χ1) is 6.33. The number of H-pyrrole nitrogens is 1. The van der Waals surface area contributed by atoms with Crippen LogP contribution < -0.4 is 0 Å². The van der Waals surface area contributed by atoms with E-state index in [2.05, 4.69) is 32.6 Å². The maximum atomic E-state index is 4.45. The lowest BCUT2D eigenvalue weighted by molar-refractivity contribution is 0.407. The van der Waals surface area contributed by atoms with Gasteiger partial charge < -0.3 is 4.98 Å². The maximum absolute atomic E-state index is 4.45. The van der Waals surface area contributed by atoms with Crippen molar-refractivity contribution in [3.63, 3.8) is 0 Å². The Morgan fingerprint density at radius 1 is 1.38 bits per heavy atom. The first kappa shape index (κ1) is 8.26. The number of halogens is 1. The highest BCUT2D eigenvalue weighted by atomic mass is 127. The molecule has 1 heterocycles. The van der Waals surface area contributed by atoms with Crippen LogP contribution >= 0.6 is 22.6 Å². The Morgan fingerprint density at radius 3 is 2.85 bits per heavy atom. The largest absolute Gasteiger partial charge is 0.337 e. The fourth-order valence-corrected chi connectivity index (χ4v) is 3.50. The van der Waals surface area contributed by atoms with Crippen molar-refractivity contribution in [2.45, 2.75) is 31.6 Å². The number of hydrogen-bond acceptors (Lipinski definition) is 1. The molecular formula is C10H13IN2. The second kappa shape index (κ2) is 2.97. The Labute approximate surface area is 91.7 Å². The van der Waals surface area contributed by atoms with Crippen LogP contribution in [0.1, 0.15) is 37.4 Å². The highest BCUT2D eigenvalue weighted by Crippen LogP contribution is 2.52. The van der Waals surface area contributed by atoms with Crippen molar-refractivity contribution in [3.05, 3.63) is 15.7 Å². The van der Waals surface area contributed by atoms with Crippen LogP contribution in [-0.4, -0.2) is 9.97 Å². The van der Waals surface area contributed by atoms with Crippen molar-refractivity contribution in [1.29, 1.82) is 0 Å². The molecule has 2 saturated carbocycles. The maximum Gasteiger partial charge on any atom is 0.110 e. The summed E-state index contributed by atoms with van der Waals surface area (Å²) in [6.07, 6.45) is 7.70. The van der Waals surface area contributed by atoms with Gasteiger partial charge in [0.1, 0.15) is 5.82 Å². The Morgan fingerprint density at radius 2 is 2.31 bits per heavy atom. The topological polar surface area (TPSA) is 28.7 Å². The molecule has 2 nitrogen and oxygen atoms in total. The molecule has 0 aliphatic heterocycles. The summed E-state index contributed by atoms with van der Waals surface area (Å²) in [5.41, 5.74) is 0. The van der Waals surface area contributed by atoms with Crippen molar-refractivity contribution in [2.75, 3.05) is 0 Å². The lowest BCUT2D eigenvalue weighted by Gasteiger charge is -2.18. The van der Waals surface area contributed by atoms with E-state index in [-0.39, 0.29) is 0 Å². The van der Waals surface area contributed by atoms with Crippen LogP contribution in [0.5, 0.6) is 0 Å². The molecule has 0 aromatic carbocycles. The third kappa shape index (κ3) is 1.32. The molecule has 3 atom stereocenters. The van der Waals surface area contributed by atoms with Gasteiger partial charge in [-0.25, -0.2) is 4.98 Å². The second-order valence-corrected chi connectivity index (χ2v) is 5.56. The van der Waals surface area contributed by atoms with E-state index in [0.29, 0.717) is 0 Å². The predicted molar refractivity (Wildman–Crippen MR) is 59.5 cm³/mol. The minimum atomic E-state index is 0.752. The fourth-order valence-electron chi connectivity index (χ4n) is 3.08. The van der Waals surface area contributed by atoms with Crippen LogP contribution in [0.25, 0.3) is 0 Å². The van der Waals surface area contributed by atoms with E-state index >= 15 is 0 Å². The molecule has 2 unspecified atom stereocenters. The van der Waals surface area contributed by atoms with E-state index in [1.165, 1.54) is 35.2 Å². The highest BCUT2D eigenvalue weighted by molar-refractivity contribution is 14.1. The molecule has 70 valence electrons. The Kier molecular flexibility index (Phi) is 1.89. The number of nitrogens with zero attached hydrogens (tertiary/aromatic N) is 1. The zero-order valence-corrected chi connectivity index (χ0v) is 9.62. The van der Waals surface area contributed by atoms with Gasteiger partial charge in [-0.2, -0.15) is 0 Å². The van der Waals surface area contributed by atoms with Crippen molar-refractivity contribution in [1.82, 2.24) is 9.97 Å². The van der Waals surface area contributed by atoms with Gasteiger partial charge in [0.25, 0.3) is 0 Å². The summed E-state index contributed by atoms with van der Waals surface area (Å²) < 4.78 is 1.18. The molecule has 0 spiro atoms. The lowest BCUT2D eigenvalue weighted by Crippen LogP contribution is -2.09. The summed E-state index contributed by atoms with van der Waals surface area (Å²) in [5.74, 6) is 3.95. The smallest absolute Gasteiger partial charge is 0.110 e. The number of rotatable bonds is 1. The van der Waals surface area contributed by atoms with Crippen LogP contribution in [0.15, 0.2) is 6.20 Å². The number of imidazole rings is 1. The standard InChI is InChI=1S/C10H13IN2/c11-9-5-12-10(13-9)8-4-6-1-2-7(8)3-6/h5-8H,1-4H2,(H,12,13)/t6?,7?,8-/m0/s1. The minimum absolute atomic E-state index is 0.752. The Bertz CT molecular complexity index is 320. The van der Waals surface area contributed by atoms with E-state index in [9.17, 15) is 0 Å². The van der Waals surface area contributed by atoms with E-state index < -0.39 is 0 Å². The van der Waals surface area contributed by atoms with Gasteiger partial charge in [0, 0.05) is 5.92 Å². The number of aromatic nitrogens is 2. The first-order valence-corrected chi connectivity index (χ1v) is 6.11. The van der Waals surface area contributed by atoms with Crippen molar-refractivity contribution >= 4 is 22.6 Å². The molecular weight excluding hydrogens is 275 g/mol. The fraction of sp³-hybridized carbons (Fsp3) is 0.700. The van der Waals surface area contributed by atoms with Gasteiger partial charge in [0.2, 0.25) is 0 Å². The van der Waals surface area contributed by atoms with Crippen LogP contribution in [0.2, 0.25) is 0 Å². The highest BCUT2D eigenvalue weighted by Gasteiger charge is 2.41. The number of aromatic amines is 1. The second-order valence-electron chi connectivity index (χ2n) is 4.40. The van der Waals surface area contributed by atoms with Crippen LogP contribution in [0, 0.1) is 15.5 Å². The summed E-state index contributed by atoms with van der Waals surface area (Å²) in [4.78, 5) is 7.83. The minimum Gasteiger partial charge on any atom is -0.337 e. The molecule has 3 rings (SSSR count). The third-order valence-corrected chi connectivity index (χ3v) is 4.20. The normalized spacial score (nSPS) is 37.2. The summed E-state index contributed by atoms with van der Waals surface area (Å²) in [5, 5.41) is 0. The zero-order chi connectivity index (χ0) is 8.84. The molecule has 0 saturated heterocycles. The molecule has 2 bridgehead atoms. The molecule has 0 radical (unpaired) electrons. The van der Waals surface area contributed by atoms with Gasteiger partial charge in [-0.05, 0) is 53.7 Å². The average Bonchev–Trinajstić information content (AvgIpc) is 2.77. The van der Waals surface area contributed by atoms with E-state index in [1.54, 1.807) is 0 Å². The van der Waals surface area contributed by atoms with Crippen LogP contribution in [0.4, 0.5) is 0 Å². The average molecular weight is 288 g/mol. The molecule has 0 amide bonds. The van der Waals surface area contributed by atoms with Crippen LogP contribution in [-0.2, 0) is 0 Å². The monoisotopic (exact) mass is 288 g/mol. The van der Waals surface area contributed by atoms with Gasteiger partial charge >= 0.3 is 0 Å². The molecule has 13 heavy (non-hydrogen) atoms. The van der Waals surface area contributed by atoms with Crippen molar-refractivity contribution < 1.29 is 0 Å². The molecule has 2 aliphatic carbocycles.